The minimum absolute atomic E-state index is 0.00840. The predicted octanol–water partition coefficient (Wildman–Crippen LogP) is 5.87. The van der Waals surface area contributed by atoms with Crippen molar-refractivity contribution < 1.29 is 9.22 Å². The van der Waals surface area contributed by atoms with Gasteiger partial charge in [0.2, 0.25) is 5.91 Å². The van der Waals surface area contributed by atoms with Crippen LogP contribution in [0.2, 0.25) is 5.04 Å². The van der Waals surface area contributed by atoms with Crippen molar-refractivity contribution in [3.05, 3.63) is 60.7 Å². The quantitative estimate of drug-likeness (QED) is 0.288. The number of nitrogens with zero attached hydrogens (tertiary/aromatic N) is 1. The van der Waals surface area contributed by atoms with Gasteiger partial charge in [-0.2, -0.15) is 0 Å². The monoisotopic (exact) mass is 467 g/mol. The second-order valence-electron chi connectivity index (χ2n) is 10.6. The second-order valence-corrected chi connectivity index (χ2v) is 15.0. The van der Waals surface area contributed by atoms with Gasteiger partial charge in [-0.25, -0.2) is 0 Å². The molecule has 2 aromatic carbocycles. The van der Waals surface area contributed by atoms with Crippen molar-refractivity contribution in [3.63, 3.8) is 0 Å². The van der Waals surface area contributed by atoms with Gasteiger partial charge in [-0.1, -0.05) is 109 Å². The molecule has 182 valence electrons. The van der Waals surface area contributed by atoms with E-state index in [1.54, 1.807) is 0 Å². The Labute approximate surface area is 203 Å². The molecule has 0 fully saturated rings. The van der Waals surface area contributed by atoms with Crippen molar-refractivity contribution in [3.8, 4) is 0 Å². The van der Waals surface area contributed by atoms with E-state index in [1.807, 2.05) is 18.9 Å². The van der Waals surface area contributed by atoms with Gasteiger partial charge in [0.1, 0.15) is 0 Å². The van der Waals surface area contributed by atoms with Crippen molar-refractivity contribution in [2.24, 2.45) is 11.8 Å². The van der Waals surface area contributed by atoms with Gasteiger partial charge in [-0.05, 0) is 40.6 Å². The molecule has 4 heteroatoms. The van der Waals surface area contributed by atoms with E-state index in [-0.39, 0.29) is 16.9 Å². The fourth-order valence-electron chi connectivity index (χ4n) is 4.61. The van der Waals surface area contributed by atoms with Gasteiger partial charge in [-0.15, -0.1) is 0 Å². The summed E-state index contributed by atoms with van der Waals surface area (Å²) in [5.74, 6) is 0.858. The molecule has 0 radical (unpaired) electrons. The summed E-state index contributed by atoms with van der Waals surface area (Å²) in [7, 11) is -0.528. The fraction of sp³-hybridized carbons (Fsp3) is 0.552. The van der Waals surface area contributed by atoms with Crippen molar-refractivity contribution in [2.45, 2.75) is 72.3 Å². The van der Waals surface area contributed by atoms with Gasteiger partial charge < -0.3 is 9.33 Å². The van der Waals surface area contributed by atoms with Crippen LogP contribution in [0.25, 0.3) is 0 Å². The van der Waals surface area contributed by atoms with Crippen LogP contribution in [0.1, 0.15) is 67.2 Å². The number of unbranched alkanes of at least 4 members (excludes halogenated alkanes) is 1. The molecule has 0 saturated heterocycles. The molecule has 2 aromatic rings. The maximum atomic E-state index is 12.3. The van der Waals surface area contributed by atoms with Crippen LogP contribution in [-0.2, 0) is 9.22 Å². The second kappa shape index (κ2) is 12.5. The Balaban J connectivity index is 2.06. The van der Waals surface area contributed by atoms with Crippen LogP contribution in [0.3, 0.4) is 0 Å². The first-order valence-electron chi connectivity index (χ1n) is 12.6. The van der Waals surface area contributed by atoms with E-state index in [0.29, 0.717) is 5.92 Å². The van der Waals surface area contributed by atoms with E-state index < -0.39 is 8.32 Å². The zero-order valence-electron chi connectivity index (χ0n) is 21.9. The van der Waals surface area contributed by atoms with Crippen molar-refractivity contribution in [2.75, 3.05) is 20.2 Å². The third kappa shape index (κ3) is 7.03. The lowest BCUT2D eigenvalue weighted by atomic mass is 10.0. The predicted molar refractivity (Wildman–Crippen MR) is 144 cm³/mol. The minimum Gasteiger partial charge on any atom is -0.407 e. The summed E-state index contributed by atoms with van der Waals surface area (Å²) in [6, 6.07) is 21.7. The van der Waals surface area contributed by atoms with Crippen LogP contribution in [0.5, 0.6) is 0 Å². The maximum Gasteiger partial charge on any atom is 0.261 e. The lowest BCUT2D eigenvalue weighted by Crippen LogP contribution is -2.66. The highest BCUT2D eigenvalue weighted by Gasteiger charge is 2.50. The van der Waals surface area contributed by atoms with E-state index in [9.17, 15) is 4.79 Å². The molecule has 0 aliphatic rings. The molecule has 2 atom stereocenters. The number of benzene rings is 2. The summed E-state index contributed by atoms with van der Waals surface area (Å²) in [4.78, 5) is 14.2. The highest BCUT2D eigenvalue weighted by molar-refractivity contribution is 6.99. The minimum atomic E-state index is -2.46. The molecule has 3 nitrogen and oxygen atoms in total. The summed E-state index contributed by atoms with van der Waals surface area (Å²) >= 11 is 0. The van der Waals surface area contributed by atoms with Gasteiger partial charge in [0.15, 0.2) is 0 Å². The summed E-state index contributed by atoms with van der Waals surface area (Å²) in [6.07, 6.45) is 4.18. The van der Waals surface area contributed by atoms with E-state index in [1.165, 1.54) is 10.4 Å². The highest BCUT2D eigenvalue weighted by Crippen LogP contribution is 2.37. The Morgan fingerprint density at radius 2 is 1.45 bits per heavy atom. The molecule has 0 bridgehead atoms. The fourth-order valence-corrected chi connectivity index (χ4v) is 9.30. The Morgan fingerprint density at radius 1 is 0.939 bits per heavy atom. The molecule has 0 aliphatic carbocycles. The standard InChI is InChI=1S/C29H45NO2Si/c1-8-25(3)28(31)30(7)22-16-15-17-24(2)23-32-33(29(4,5)6,26-18-11-9-12-19-26)27-20-13-10-14-21-27/h9-14,18-21,24-25H,8,15-17,22-23H2,1-7H3/t24-,25+/m0/s1. The summed E-state index contributed by atoms with van der Waals surface area (Å²) in [5, 5.41) is 2.68. The SMILES string of the molecule is CC[C@@H](C)C(=O)N(C)CCCC[C@H](C)CO[Si](c1ccccc1)(c1ccccc1)C(C)(C)C. The van der Waals surface area contributed by atoms with E-state index in [0.717, 1.165) is 38.8 Å². The zero-order chi connectivity index (χ0) is 24.5. The van der Waals surface area contributed by atoms with Crippen LogP contribution in [0.4, 0.5) is 0 Å². The molecule has 0 saturated carbocycles. The Hall–Kier alpha value is -1.91. The van der Waals surface area contributed by atoms with Gasteiger partial charge in [0, 0.05) is 26.1 Å². The summed E-state index contributed by atoms with van der Waals surface area (Å²) in [6.45, 7) is 15.0. The number of hydrogen-bond donors (Lipinski definition) is 0. The zero-order valence-corrected chi connectivity index (χ0v) is 22.9. The van der Waals surface area contributed by atoms with Gasteiger partial charge in [-0.3, -0.25) is 4.79 Å². The number of carbonyl (C=O) groups is 1. The van der Waals surface area contributed by atoms with E-state index >= 15 is 0 Å². The molecule has 0 N–H and O–H groups in total. The molecular formula is C29H45NO2Si. The van der Waals surface area contributed by atoms with E-state index in [4.69, 9.17) is 4.43 Å². The van der Waals surface area contributed by atoms with Crippen LogP contribution in [-0.4, -0.2) is 39.3 Å². The third-order valence-electron chi connectivity index (χ3n) is 6.85. The van der Waals surface area contributed by atoms with Crippen LogP contribution in [0, 0.1) is 11.8 Å². The van der Waals surface area contributed by atoms with E-state index in [2.05, 4.69) is 95.3 Å². The van der Waals surface area contributed by atoms with Crippen LogP contribution < -0.4 is 10.4 Å². The van der Waals surface area contributed by atoms with Crippen LogP contribution in [0.15, 0.2) is 60.7 Å². The number of carbonyl (C=O) groups excluding carboxylic acids is 1. The summed E-state index contributed by atoms with van der Waals surface area (Å²) in [5.41, 5.74) is 0. The summed E-state index contributed by atoms with van der Waals surface area (Å²) < 4.78 is 7.06. The molecule has 0 heterocycles. The smallest absolute Gasteiger partial charge is 0.261 e. The number of rotatable bonds is 12. The first-order valence-corrected chi connectivity index (χ1v) is 14.5. The average molecular weight is 468 g/mol. The van der Waals surface area contributed by atoms with Crippen molar-refractivity contribution in [1.29, 1.82) is 0 Å². The van der Waals surface area contributed by atoms with Crippen molar-refractivity contribution in [1.82, 2.24) is 4.90 Å². The molecule has 0 spiro atoms. The average Bonchev–Trinajstić information content (AvgIpc) is 2.81. The first kappa shape index (κ1) is 27.3. The topological polar surface area (TPSA) is 29.5 Å². The molecule has 2 rings (SSSR count). The Kier molecular flexibility index (Phi) is 10.4. The Bertz CT molecular complexity index is 792. The lowest BCUT2D eigenvalue weighted by Gasteiger charge is -2.43. The number of hydrogen-bond acceptors (Lipinski definition) is 2. The molecule has 33 heavy (non-hydrogen) atoms. The molecule has 1 amide bonds. The van der Waals surface area contributed by atoms with Crippen molar-refractivity contribution >= 4 is 24.6 Å². The lowest BCUT2D eigenvalue weighted by molar-refractivity contribution is -0.133. The van der Waals surface area contributed by atoms with Gasteiger partial charge in [0.25, 0.3) is 8.32 Å². The Morgan fingerprint density at radius 3 is 1.91 bits per heavy atom. The normalized spacial score (nSPS) is 14.0. The maximum absolute atomic E-state index is 12.3. The van der Waals surface area contributed by atoms with Gasteiger partial charge >= 0.3 is 0 Å². The highest BCUT2D eigenvalue weighted by atomic mass is 28.4. The van der Waals surface area contributed by atoms with Crippen LogP contribution >= 0.6 is 0 Å². The third-order valence-corrected chi connectivity index (χ3v) is 11.9. The number of amides is 1. The molecule has 0 aliphatic heterocycles. The first-order chi connectivity index (χ1) is 15.6. The molecule has 0 unspecified atom stereocenters. The van der Waals surface area contributed by atoms with Gasteiger partial charge in [0.05, 0.1) is 0 Å². The molecular weight excluding hydrogens is 422 g/mol. The molecule has 0 aromatic heterocycles. The largest absolute Gasteiger partial charge is 0.407 e.